The smallest absolute Gasteiger partial charge is 0.337 e. The second kappa shape index (κ2) is 5.84. The Kier molecular flexibility index (Phi) is 4.31. The lowest BCUT2D eigenvalue weighted by Crippen LogP contribution is -2.25. The topological polar surface area (TPSA) is 109 Å². The zero-order valence-electron chi connectivity index (χ0n) is 11.2. The van der Waals surface area contributed by atoms with Crippen molar-refractivity contribution in [3.8, 4) is 0 Å². The van der Waals surface area contributed by atoms with Gasteiger partial charge < -0.3 is 10.8 Å². The molecule has 0 saturated carbocycles. The fourth-order valence-electron chi connectivity index (χ4n) is 1.76. The molecule has 4 N–H and O–H groups in total. The number of carbonyl (C=O) groups is 1. The highest BCUT2D eigenvalue weighted by Crippen LogP contribution is 2.20. The van der Waals surface area contributed by atoms with Crippen LogP contribution in [0, 0.1) is 6.92 Å². The maximum atomic E-state index is 12.3. The first-order valence-electron chi connectivity index (χ1n) is 5.95. The van der Waals surface area contributed by atoms with Gasteiger partial charge in [0.25, 0.3) is 0 Å². The van der Waals surface area contributed by atoms with Crippen molar-refractivity contribution in [1.82, 2.24) is 4.72 Å². The molecule has 0 saturated heterocycles. The Morgan fingerprint density at radius 3 is 2.67 bits per heavy atom. The predicted octanol–water partition coefficient (Wildman–Crippen LogP) is 1.82. The Bertz CT molecular complexity index is 781. The quantitative estimate of drug-likeness (QED) is 0.726. The van der Waals surface area contributed by atoms with Gasteiger partial charge in [-0.3, -0.25) is 0 Å². The van der Waals surface area contributed by atoms with E-state index in [4.69, 9.17) is 10.8 Å². The van der Waals surface area contributed by atoms with Gasteiger partial charge in [-0.05, 0) is 47.0 Å². The van der Waals surface area contributed by atoms with Crippen LogP contribution in [0.15, 0.2) is 33.9 Å². The zero-order valence-corrected chi connectivity index (χ0v) is 12.8. The SMILES string of the molecule is Cc1cscc1CNS(=O)(=O)c1cc(N)ccc1C(=O)O. The van der Waals surface area contributed by atoms with Gasteiger partial charge in [-0.25, -0.2) is 17.9 Å². The molecule has 21 heavy (non-hydrogen) atoms. The van der Waals surface area contributed by atoms with E-state index < -0.39 is 16.0 Å². The van der Waals surface area contributed by atoms with Crippen LogP contribution in [0.1, 0.15) is 21.5 Å². The number of sulfonamides is 1. The van der Waals surface area contributed by atoms with E-state index in [0.29, 0.717) is 0 Å². The highest BCUT2D eigenvalue weighted by Gasteiger charge is 2.22. The van der Waals surface area contributed by atoms with Crippen LogP contribution in [0.4, 0.5) is 5.69 Å². The molecule has 0 aliphatic rings. The molecular formula is C13H14N2O4S2. The first kappa shape index (κ1) is 15.5. The normalized spacial score (nSPS) is 11.5. The largest absolute Gasteiger partial charge is 0.478 e. The minimum atomic E-state index is -3.96. The number of hydrogen-bond donors (Lipinski definition) is 3. The summed E-state index contributed by atoms with van der Waals surface area (Å²) in [5.41, 5.74) is 7.27. The first-order valence-corrected chi connectivity index (χ1v) is 8.38. The highest BCUT2D eigenvalue weighted by atomic mass is 32.2. The van der Waals surface area contributed by atoms with Gasteiger partial charge in [0.05, 0.1) is 10.5 Å². The third-order valence-electron chi connectivity index (χ3n) is 2.94. The van der Waals surface area contributed by atoms with Crippen molar-refractivity contribution in [2.24, 2.45) is 0 Å². The summed E-state index contributed by atoms with van der Waals surface area (Å²) in [4.78, 5) is 10.8. The van der Waals surface area contributed by atoms with Crippen molar-refractivity contribution in [1.29, 1.82) is 0 Å². The van der Waals surface area contributed by atoms with Crippen LogP contribution in [-0.2, 0) is 16.6 Å². The number of thiophene rings is 1. The average Bonchev–Trinajstić information content (AvgIpc) is 2.81. The summed E-state index contributed by atoms with van der Waals surface area (Å²) in [6, 6.07) is 3.68. The van der Waals surface area contributed by atoms with Crippen molar-refractivity contribution in [2.75, 3.05) is 5.73 Å². The monoisotopic (exact) mass is 326 g/mol. The van der Waals surface area contributed by atoms with E-state index in [9.17, 15) is 13.2 Å². The number of nitrogens with two attached hydrogens (primary N) is 1. The number of carboxylic acids is 1. The average molecular weight is 326 g/mol. The number of hydrogen-bond acceptors (Lipinski definition) is 5. The van der Waals surface area contributed by atoms with Gasteiger partial charge in [0, 0.05) is 12.2 Å². The van der Waals surface area contributed by atoms with Crippen LogP contribution in [0.25, 0.3) is 0 Å². The molecule has 0 fully saturated rings. The standard InChI is InChI=1S/C13H14N2O4S2/c1-8-6-20-7-9(8)5-15-21(18,19)12-4-10(14)2-3-11(12)13(16)17/h2-4,6-7,15H,5,14H2,1H3,(H,16,17). The fraction of sp³-hybridized carbons (Fsp3) is 0.154. The van der Waals surface area contributed by atoms with Crippen molar-refractivity contribution < 1.29 is 18.3 Å². The molecule has 6 nitrogen and oxygen atoms in total. The van der Waals surface area contributed by atoms with Gasteiger partial charge >= 0.3 is 5.97 Å². The molecule has 2 rings (SSSR count). The molecule has 0 amide bonds. The van der Waals surface area contributed by atoms with E-state index >= 15 is 0 Å². The van der Waals surface area contributed by atoms with Crippen molar-refractivity contribution in [2.45, 2.75) is 18.4 Å². The molecule has 0 aliphatic heterocycles. The van der Waals surface area contributed by atoms with Gasteiger partial charge in [-0.1, -0.05) is 0 Å². The predicted molar refractivity (Wildman–Crippen MR) is 80.9 cm³/mol. The van der Waals surface area contributed by atoms with E-state index in [2.05, 4.69) is 4.72 Å². The van der Waals surface area contributed by atoms with E-state index in [1.54, 1.807) is 0 Å². The molecule has 1 heterocycles. The Morgan fingerprint density at radius 1 is 1.38 bits per heavy atom. The molecule has 0 radical (unpaired) electrons. The summed E-state index contributed by atoms with van der Waals surface area (Å²) in [5.74, 6) is -1.32. The highest BCUT2D eigenvalue weighted by molar-refractivity contribution is 7.89. The number of benzene rings is 1. The van der Waals surface area contributed by atoms with Crippen molar-refractivity contribution >= 4 is 33.0 Å². The Hall–Kier alpha value is -1.90. The van der Waals surface area contributed by atoms with E-state index in [-0.39, 0.29) is 22.7 Å². The number of anilines is 1. The van der Waals surface area contributed by atoms with Crippen LogP contribution >= 0.6 is 11.3 Å². The molecule has 1 aromatic heterocycles. The number of nitrogen functional groups attached to an aromatic ring is 1. The summed E-state index contributed by atoms with van der Waals surface area (Å²) >= 11 is 1.47. The number of aryl methyl sites for hydroxylation is 1. The maximum absolute atomic E-state index is 12.3. The Morgan fingerprint density at radius 2 is 2.10 bits per heavy atom. The Balaban J connectivity index is 2.33. The molecule has 0 atom stereocenters. The van der Waals surface area contributed by atoms with Crippen LogP contribution in [-0.4, -0.2) is 19.5 Å². The molecule has 0 spiro atoms. The van der Waals surface area contributed by atoms with Crippen LogP contribution in [0.2, 0.25) is 0 Å². The number of nitrogens with one attached hydrogen (secondary N) is 1. The summed E-state index contributed by atoms with van der Waals surface area (Å²) in [5, 5.41) is 12.8. The third kappa shape index (κ3) is 3.41. The summed E-state index contributed by atoms with van der Waals surface area (Å²) < 4.78 is 27.0. The van der Waals surface area contributed by atoms with Crippen molar-refractivity contribution in [3.63, 3.8) is 0 Å². The van der Waals surface area contributed by atoms with Gasteiger partial charge in [0.15, 0.2) is 0 Å². The zero-order chi connectivity index (χ0) is 15.6. The lowest BCUT2D eigenvalue weighted by Gasteiger charge is -2.10. The maximum Gasteiger partial charge on any atom is 0.337 e. The van der Waals surface area contributed by atoms with Gasteiger partial charge in [0.1, 0.15) is 0 Å². The van der Waals surface area contributed by atoms with Crippen LogP contribution in [0.5, 0.6) is 0 Å². The van der Waals surface area contributed by atoms with Crippen LogP contribution in [0.3, 0.4) is 0 Å². The van der Waals surface area contributed by atoms with E-state index in [0.717, 1.165) is 17.2 Å². The van der Waals surface area contributed by atoms with Gasteiger partial charge in [-0.2, -0.15) is 11.3 Å². The summed E-state index contributed by atoms with van der Waals surface area (Å²) in [7, 11) is -3.96. The molecular weight excluding hydrogens is 312 g/mol. The fourth-order valence-corrected chi connectivity index (χ4v) is 3.85. The van der Waals surface area contributed by atoms with Crippen LogP contribution < -0.4 is 10.5 Å². The van der Waals surface area contributed by atoms with E-state index in [1.807, 2.05) is 17.7 Å². The molecule has 8 heteroatoms. The van der Waals surface area contributed by atoms with Gasteiger partial charge in [-0.15, -0.1) is 0 Å². The molecule has 2 aromatic rings. The molecule has 112 valence electrons. The lowest BCUT2D eigenvalue weighted by atomic mass is 10.2. The second-order valence-corrected chi connectivity index (χ2v) is 6.94. The number of carboxylic acid groups (broad SMARTS) is 1. The van der Waals surface area contributed by atoms with E-state index in [1.165, 1.54) is 23.5 Å². The number of aromatic carboxylic acids is 1. The third-order valence-corrected chi connectivity index (χ3v) is 5.29. The second-order valence-electron chi connectivity index (χ2n) is 4.47. The minimum Gasteiger partial charge on any atom is -0.478 e. The molecule has 0 aliphatic carbocycles. The summed E-state index contributed by atoms with van der Waals surface area (Å²) in [6.45, 7) is 1.98. The van der Waals surface area contributed by atoms with Crippen molar-refractivity contribution in [3.05, 3.63) is 45.6 Å². The Labute approximate surface area is 126 Å². The molecule has 0 bridgehead atoms. The lowest BCUT2D eigenvalue weighted by molar-refractivity contribution is 0.0692. The molecule has 0 unspecified atom stereocenters. The first-order chi connectivity index (χ1) is 9.81. The summed E-state index contributed by atoms with van der Waals surface area (Å²) in [6.07, 6.45) is 0. The number of rotatable bonds is 5. The minimum absolute atomic E-state index is 0.103. The van der Waals surface area contributed by atoms with Gasteiger partial charge in [0.2, 0.25) is 10.0 Å². The molecule has 1 aromatic carbocycles.